The van der Waals surface area contributed by atoms with E-state index in [9.17, 15) is 9.90 Å². The number of hydrogen-bond donors (Lipinski definition) is 1. The lowest BCUT2D eigenvalue weighted by atomic mass is 9.92. The Morgan fingerprint density at radius 1 is 1.44 bits per heavy atom. The molecule has 1 unspecified atom stereocenters. The number of aliphatic hydroxyl groups is 1. The molecule has 1 N–H and O–H groups in total. The Hall–Kier alpha value is -2.48. The van der Waals surface area contributed by atoms with E-state index >= 15 is 0 Å². The van der Waals surface area contributed by atoms with Gasteiger partial charge in [0.15, 0.2) is 0 Å². The van der Waals surface area contributed by atoms with Crippen LogP contribution in [-0.2, 0) is 7.05 Å². The molecule has 1 atom stereocenters. The maximum atomic E-state index is 12.7. The van der Waals surface area contributed by atoms with Gasteiger partial charge in [-0.2, -0.15) is 5.10 Å². The number of anilines is 1. The number of carbonyl (C=O) groups is 1. The van der Waals surface area contributed by atoms with Crippen molar-refractivity contribution in [3.8, 4) is 0 Å². The Bertz CT molecular complexity index is 747. The van der Waals surface area contributed by atoms with Crippen LogP contribution >= 0.6 is 0 Å². The molecule has 8 nitrogen and oxygen atoms in total. The second-order valence-corrected chi connectivity index (χ2v) is 6.78. The van der Waals surface area contributed by atoms with Gasteiger partial charge in [-0.1, -0.05) is 0 Å². The number of amides is 1. The summed E-state index contributed by atoms with van der Waals surface area (Å²) in [5.74, 6) is 0.619. The summed E-state index contributed by atoms with van der Waals surface area (Å²) >= 11 is 0. The number of hydrogen-bond acceptors (Lipinski definition) is 6. The molecule has 1 aliphatic rings. The molecule has 2 aromatic heterocycles. The zero-order valence-corrected chi connectivity index (χ0v) is 14.9. The highest BCUT2D eigenvalue weighted by molar-refractivity contribution is 5.94. The molecule has 0 saturated carbocycles. The molecule has 0 radical (unpaired) electrons. The van der Waals surface area contributed by atoms with Crippen LogP contribution in [0.15, 0.2) is 24.8 Å². The van der Waals surface area contributed by atoms with Gasteiger partial charge in [-0.25, -0.2) is 4.98 Å². The number of aromatic nitrogens is 4. The van der Waals surface area contributed by atoms with Gasteiger partial charge in [0.05, 0.1) is 29.6 Å². The molecular weight excluding hydrogens is 320 g/mol. The van der Waals surface area contributed by atoms with E-state index in [2.05, 4.69) is 15.1 Å². The molecule has 0 bridgehead atoms. The monoisotopic (exact) mass is 344 g/mol. The van der Waals surface area contributed by atoms with Crippen LogP contribution in [0, 0.1) is 6.92 Å². The van der Waals surface area contributed by atoms with Gasteiger partial charge in [0.25, 0.3) is 5.91 Å². The van der Waals surface area contributed by atoms with Crippen molar-refractivity contribution in [2.45, 2.75) is 25.4 Å². The van der Waals surface area contributed by atoms with Crippen molar-refractivity contribution in [2.24, 2.45) is 7.05 Å². The first-order chi connectivity index (χ1) is 11.9. The molecule has 3 heterocycles. The average molecular weight is 344 g/mol. The molecule has 0 aliphatic carbocycles. The lowest BCUT2D eigenvalue weighted by molar-refractivity contribution is -0.000169. The van der Waals surface area contributed by atoms with Crippen molar-refractivity contribution in [3.05, 3.63) is 36.0 Å². The van der Waals surface area contributed by atoms with E-state index < -0.39 is 5.60 Å². The van der Waals surface area contributed by atoms with E-state index in [1.807, 2.05) is 11.8 Å². The standard InChI is InChI=1S/C17H24N6O2/c1-13-14(10-22(3)20-13)16(24)21(2)11-17(25)5-4-8-23(12-17)15-9-18-6-7-19-15/h6-7,9-10,25H,4-5,8,11-12H2,1-3H3. The molecule has 1 aliphatic heterocycles. The maximum absolute atomic E-state index is 12.7. The number of rotatable bonds is 4. The summed E-state index contributed by atoms with van der Waals surface area (Å²) in [5.41, 5.74) is 0.280. The zero-order valence-electron chi connectivity index (χ0n) is 14.9. The highest BCUT2D eigenvalue weighted by atomic mass is 16.3. The van der Waals surface area contributed by atoms with Crippen LogP contribution in [0.2, 0.25) is 0 Å². The third-order valence-corrected chi connectivity index (χ3v) is 4.55. The van der Waals surface area contributed by atoms with Crippen molar-refractivity contribution >= 4 is 11.7 Å². The summed E-state index contributed by atoms with van der Waals surface area (Å²) in [5, 5.41) is 15.3. The zero-order chi connectivity index (χ0) is 18.0. The summed E-state index contributed by atoms with van der Waals surface area (Å²) in [6.45, 7) is 3.32. The molecular formula is C17H24N6O2. The van der Waals surface area contributed by atoms with Crippen molar-refractivity contribution in [3.63, 3.8) is 0 Å². The molecule has 1 amide bonds. The highest BCUT2D eigenvalue weighted by Gasteiger charge is 2.36. The van der Waals surface area contributed by atoms with Crippen LogP contribution in [-0.4, -0.2) is 67.9 Å². The van der Waals surface area contributed by atoms with Gasteiger partial charge < -0.3 is 14.9 Å². The number of nitrogens with zero attached hydrogens (tertiary/aromatic N) is 6. The molecule has 25 heavy (non-hydrogen) atoms. The number of likely N-dealkylation sites (N-methyl/N-ethyl adjacent to an activating group) is 1. The van der Waals surface area contributed by atoms with Gasteiger partial charge in [-0.3, -0.25) is 14.5 Å². The van der Waals surface area contributed by atoms with E-state index in [0.29, 0.717) is 24.2 Å². The SMILES string of the molecule is Cc1nn(C)cc1C(=O)N(C)CC1(O)CCCN(c2cnccn2)C1. The average Bonchev–Trinajstić information content (AvgIpc) is 2.93. The van der Waals surface area contributed by atoms with E-state index in [4.69, 9.17) is 0 Å². The molecule has 3 rings (SSSR count). The Morgan fingerprint density at radius 2 is 2.24 bits per heavy atom. The van der Waals surface area contributed by atoms with Crippen LogP contribution in [0.4, 0.5) is 5.82 Å². The topological polar surface area (TPSA) is 87.4 Å². The van der Waals surface area contributed by atoms with E-state index in [1.54, 1.807) is 48.5 Å². The van der Waals surface area contributed by atoms with E-state index in [-0.39, 0.29) is 12.5 Å². The molecule has 0 aromatic carbocycles. The van der Waals surface area contributed by atoms with E-state index in [1.165, 1.54) is 0 Å². The van der Waals surface area contributed by atoms with Crippen molar-refractivity contribution < 1.29 is 9.90 Å². The van der Waals surface area contributed by atoms with Crippen LogP contribution in [0.1, 0.15) is 28.9 Å². The molecule has 1 saturated heterocycles. The minimum atomic E-state index is -0.976. The van der Waals surface area contributed by atoms with Crippen molar-refractivity contribution in [2.75, 3.05) is 31.6 Å². The summed E-state index contributed by atoms with van der Waals surface area (Å²) in [6.07, 6.45) is 8.16. The number of carbonyl (C=O) groups excluding carboxylic acids is 1. The number of β-amino-alcohol motifs (C(OH)–C–C–N with tert-alkyl or cyclic N) is 1. The van der Waals surface area contributed by atoms with Gasteiger partial charge in [0.1, 0.15) is 5.82 Å². The van der Waals surface area contributed by atoms with Gasteiger partial charge >= 0.3 is 0 Å². The molecule has 0 spiro atoms. The summed E-state index contributed by atoms with van der Waals surface area (Å²) in [6, 6.07) is 0. The van der Waals surface area contributed by atoms with Crippen LogP contribution < -0.4 is 4.90 Å². The first kappa shape index (κ1) is 17.3. The summed E-state index contributed by atoms with van der Waals surface area (Å²) < 4.78 is 1.63. The number of aryl methyl sites for hydroxylation is 2. The van der Waals surface area contributed by atoms with E-state index in [0.717, 1.165) is 18.8 Å². The van der Waals surface area contributed by atoms with Crippen molar-refractivity contribution in [1.82, 2.24) is 24.6 Å². The maximum Gasteiger partial charge on any atom is 0.257 e. The third-order valence-electron chi connectivity index (χ3n) is 4.55. The second-order valence-electron chi connectivity index (χ2n) is 6.78. The smallest absolute Gasteiger partial charge is 0.257 e. The minimum Gasteiger partial charge on any atom is -0.386 e. The molecule has 2 aromatic rings. The van der Waals surface area contributed by atoms with Crippen LogP contribution in [0.5, 0.6) is 0 Å². The van der Waals surface area contributed by atoms with Crippen LogP contribution in [0.3, 0.4) is 0 Å². The quantitative estimate of drug-likeness (QED) is 0.875. The van der Waals surface area contributed by atoms with Gasteiger partial charge in [-0.05, 0) is 19.8 Å². The fraction of sp³-hybridized carbons (Fsp3) is 0.529. The lowest BCUT2D eigenvalue weighted by Gasteiger charge is -2.41. The molecule has 1 fully saturated rings. The first-order valence-electron chi connectivity index (χ1n) is 8.37. The minimum absolute atomic E-state index is 0.129. The Labute approximate surface area is 147 Å². The lowest BCUT2D eigenvalue weighted by Crippen LogP contribution is -2.55. The van der Waals surface area contributed by atoms with Gasteiger partial charge in [0, 0.05) is 45.8 Å². The fourth-order valence-electron chi connectivity index (χ4n) is 3.42. The van der Waals surface area contributed by atoms with Crippen LogP contribution in [0.25, 0.3) is 0 Å². The summed E-state index contributed by atoms with van der Waals surface area (Å²) in [4.78, 5) is 24.7. The predicted octanol–water partition coefficient (Wildman–Crippen LogP) is 0.622. The number of piperidine rings is 1. The molecule has 8 heteroatoms. The Morgan fingerprint density at radius 3 is 2.88 bits per heavy atom. The largest absolute Gasteiger partial charge is 0.386 e. The van der Waals surface area contributed by atoms with Gasteiger partial charge in [-0.15, -0.1) is 0 Å². The Balaban J connectivity index is 1.70. The Kier molecular flexibility index (Phi) is 4.71. The first-order valence-corrected chi connectivity index (χ1v) is 8.37. The normalized spacial score (nSPS) is 20.6. The van der Waals surface area contributed by atoms with Gasteiger partial charge in [0.2, 0.25) is 0 Å². The fourth-order valence-corrected chi connectivity index (χ4v) is 3.42. The highest BCUT2D eigenvalue weighted by Crippen LogP contribution is 2.25. The summed E-state index contributed by atoms with van der Waals surface area (Å²) in [7, 11) is 3.51. The molecule has 134 valence electrons. The second kappa shape index (κ2) is 6.79. The predicted molar refractivity (Wildman–Crippen MR) is 93.3 cm³/mol. The third kappa shape index (κ3) is 3.79. The van der Waals surface area contributed by atoms with Crippen molar-refractivity contribution in [1.29, 1.82) is 0 Å².